The first-order chi connectivity index (χ1) is 8.31. The Bertz CT molecular complexity index is 423. The van der Waals surface area contributed by atoms with Gasteiger partial charge in [-0.2, -0.15) is 0 Å². The van der Waals surface area contributed by atoms with Crippen molar-refractivity contribution < 1.29 is 43.1 Å². The molecule has 0 radical (unpaired) electrons. The third-order valence-corrected chi connectivity index (χ3v) is 5.00. The Morgan fingerprint density at radius 2 is 1.00 bits per heavy atom. The quantitative estimate of drug-likeness (QED) is 0.525. The van der Waals surface area contributed by atoms with Gasteiger partial charge in [-0.1, -0.05) is 0 Å². The standard InChI is InChI=1S/C14H14IO2.ClH/c1-16-13-7-3-11(4-8-13)15-12-5-9-14(17-2)10-6-12;/h3-10H,1-2H3;1H/q+1;/p-1. The van der Waals surface area contributed by atoms with Crippen molar-refractivity contribution in [2.45, 2.75) is 0 Å². The Hall–Kier alpha value is -0.940. The van der Waals surface area contributed by atoms with Crippen LogP contribution >= 0.6 is 0 Å². The SMILES string of the molecule is COc1ccc([I+]c2ccc(OC)cc2)cc1.[Cl-]. The van der Waals surface area contributed by atoms with E-state index >= 15 is 0 Å². The highest BCUT2D eigenvalue weighted by Gasteiger charge is 2.15. The minimum Gasteiger partial charge on any atom is -1.00 e. The topological polar surface area (TPSA) is 18.5 Å². The van der Waals surface area contributed by atoms with Gasteiger partial charge >= 0.3 is 21.2 Å². The molecule has 0 fully saturated rings. The van der Waals surface area contributed by atoms with Crippen molar-refractivity contribution in [3.8, 4) is 11.5 Å². The summed E-state index contributed by atoms with van der Waals surface area (Å²) in [5.41, 5.74) is 0. The maximum atomic E-state index is 5.15. The van der Waals surface area contributed by atoms with Crippen molar-refractivity contribution in [2.24, 2.45) is 0 Å². The van der Waals surface area contributed by atoms with E-state index in [1.165, 1.54) is 7.14 Å². The van der Waals surface area contributed by atoms with Gasteiger partial charge in [0.2, 0.25) is 0 Å². The van der Waals surface area contributed by atoms with Crippen LogP contribution in [0.25, 0.3) is 0 Å². The van der Waals surface area contributed by atoms with Crippen LogP contribution < -0.4 is 43.1 Å². The van der Waals surface area contributed by atoms with Crippen LogP contribution in [0.1, 0.15) is 0 Å². The van der Waals surface area contributed by atoms with Gasteiger partial charge in [0.15, 0.2) is 7.14 Å². The average molecular weight is 377 g/mol. The Labute approximate surface area is 124 Å². The summed E-state index contributed by atoms with van der Waals surface area (Å²) in [5, 5.41) is 0. The van der Waals surface area contributed by atoms with Gasteiger partial charge in [0.25, 0.3) is 0 Å². The van der Waals surface area contributed by atoms with E-state index in [0.717, 1.165) is 11.5 Å². The first-order valence-corrected chi connectivity index (χ1v) is 7.40. The van der Waals surface area contributed by atoms with E-state index < -0.39 is 0 Å². The van der Waals surface area contributed by atoms with Gasteiger partial charge in [-0.05, 0) is 48.5 Å². The molecule has 0 saturated heterocycles. The van der Waals surface area contributed by atoms with Crippen molar-refractivity contribution >= 4 is 0 Å². The maximum absolute atomic E-state index is 5.15. The lowest BCUT2D eigenvalue weighted by Gasteiger charge is -1.97. The van der Waals surface area contributed by atoms with Gasteiger partial charge in [0, 0.05) is 0 Å². The van der Waals surface area contributed by atoms with Crippen molar-refractivity contribution in [3.05, 3.63) is 55.7 Å². The molecule has 0 heterocycles. The molecule has 96 valence electrons. The Balaban J connectivity index is 0.00000162. The van der Waals surface area contributed by atoms with E-state index in [0.29, 0.717) is 0 Å². The zero-order chi connectivity index (χ0) is 12.1. The molecular formula is C14H14ClIO2. The third kappa shape index (κ3) is 4.07. The number of rotatable bonds is 4. The summed E-state index contributed by atoms with van der Waals surface area (Å²) >= 11 is -0.119. The number of ether oxygens (including phenoxy) is 2. The molecule has 0 aliphatic heterocycles. The van der Waals surface area contributed by atoms with E-state index in [1.54, 1.807) is 14.2 Å². The van der Waals surface area contributed by atoms with Gasteiger partial charge in [0.05, 0.1) is 14.2 Å². The number of halogens is 2. The van der Waals surface area contributed by atoms with Gasteiger partial charge in [0.1, 0.15) is 11.5 Å². The molecule has 0 aromatic heterocycles. The lowest BCUT2D eigenvalue weighted by molar-refractivity contribution is -0.597. The average Bonchev–Trinajstić information content (AvgIpc) is 2.40. The molecule has 4 heteroatoms. The van der Waals surface area contributed by atoms with Crippen molar-refractivity contribution in [1.29, 1.82) is 0 Å². The minimum atomic E-state index is -0.119. The first-order valence-electron chi connectivity index (χ1n) is 5.25. The molecule has 2 rings (SSSR count). The zero-order valence-electron chi connectivity index (χ0n) is 10.2. The molecule has 0 aliphatic carbocycles. The molecular weight excluding hydrogens is 363 g/mol. The number of benzene rings is 2. The van der Waals surface area contributed by atoms with Crippen LogP contribution in [0.4, 0.5) is 0 Å². The van der Waals surface area contributed by atoms with Gasteiger partial charge in [-0.3, -0.25) is 0 Å². The summed E-state index contributed by atoms with van der Waals surface area (Å²) in [6, 6.07) is 16.6. The molecule has 0 bridgehead atoms. The molecule has 2 aromatic rings. The summed E-state index contributed by atoms with van der Waals surface area (Å²) in [6.45, 7) is 0. The first kappa shape index (κ1) is 15.1. The summed E-state index contributed by atoms with van der Waals surface area (Å²) < 4.78 is 13.1. The third-order valence-electron chi connectivity index (χ3n) is 2.32. The maximum Gasteiger partial charge on any atom is 0.357 e. The normalized spacial score (nSPS) is 9.44. The predicted octanol–water partition coefficient (Wildman–Crippen LogP) is -3.16. The fourth-order valence-electron chi connectivity index (χ4n) is 1.39. The molecule has 0 aliphatic rings. The number of hydrogen-bond acceptors (Lipinski definition) is 2. The summed E-state index contributed by atoms with van der Waals surface area (Å²) in [5.74, 6) is 1.82. The fourth-order valence-corrected chi connectivity index (χ4v) is 3.55. The highest BCUT2D eigenvalue weighted by Crippen LogP contribution is 2.07. The van der Waals surface area contributed by atoms with E-state index in [4.69, 9.17) is 9.47 Å². The number of methoxy groups -OCH3 is 2. The summed E-state index contributed by atoms with van der Waals surface area (Å²) in [7, 11) is 3.38. The molecule has 0 atom stereocenters. The van der Waals surface area contributed by atoms with E-state index in [-0.39, 0.29) is 33.6 Å². The molecule has 0 unspecified atom stereocenters. The van der Waals surface area contributed by atoms with Crippen LogP contribution in [0.15, 0.2) is 48.5 Å². The molecule has 2 aromatic carbocycles. The van der Waals surface area contributed by atoms with Crippen molar-refractivity contribution in [3.63, 3.8) is 0 Å². The lowest BCUT2D eigenvalue weighted by Crippen LogP contribution is -3.61. The Kier molecular flexibility index (Phi) is 6.29. The van der Waals surface area contributed by atoms with Gasteiger partial charge < -0.3 is 21.9 Å². The molecule has 0 saturated carbocycles. The second-order valence-corrected chi connectivity index (χ2v) is 6.44. The molecule has 0 spiro atoms. The second kappa shape index (κ2) is 7.48. The van der Waals surface area contributed by atoms with Crippen LogP contribution in [0.5, 0.6) is 11.5 Å². The highest BCUT2D eigenvalue weighted by molar-refractivity contribution is 5.22. The Morgan fingerprint density at radius 3 is 1.28 bits per heavy atom. The van der Waals surface area contributed by atoms with Crippen LogP contribution in [0.2, 0.25) is 0 Å². The Morgan fingerprint density at radius 1 is 0.667 bits per heavy atom. The summed E-state index contributed by atoms with van der Waals surface area (Å²) in [6.07, 6.45) is 0. The highest BCUT2D eigenvalue weighted by atomic mass is 127. The van der Waals surface area contributed by atoms with Gasteiger partial charge in [-0.25, -0.2) is 0 Å². The number of hydrogen-bond donors (Lipinski definition) is 0. The predicted molar refractivity (Wildman–Crippen MR) is 63.4 cm³/mol. The van der Waals surface area contributed by atoms with Crippen LogP contribution in [0, 0.1) is 7.14 Å². The molecule has 18 heavy (non-hydrogen) atoms. The second-order valence-electron chi connectivity index (χ2n) is 3.41. The monoisotopic (exact) mass is 376 g/mol. The fraction of sp³-hybridized carbons (Fsp3) is 0.143. The summed E-state index contributed by atoms with van der Waals surface area (Å²) in [4.78, 5) is 0. The van der Waals surface area contributed by atoms with E-state index in [1.807, 2.05) is 24.3 Å². The largest absolute Gasteiger partial charge is 1.00 e. The van der Waals surface area contributed by atoms with Gasteiger partial charge in [-0.15, -0.1) is 0 Å². The van der Waals surface area contributed by atoms with E-state index in [2.05, 4.69) is 24.3 Å². The molecule has 2 nitrogen and oxygen atoms in total. The zero-order valence-corrected chi connectivity index (χ0v) is 13.1. The lowest BCUT2D eigenvalue weighted by atomic mass is 10.3. The van der Waals surface area contributed by atoms with Crippen molar-refractivity contribution in [1.82, 2.24) is 0 Å². The molecule has 0 amide bonds. The van der Waals surface area contributed by atoms with E-state index in [9.17, 15) is 0 Å². The van der Waals surface area contributed by atoms with Crippen LogP contribution in [-0.2, 0) is 0 Å². The van der Waals surface area contributed by atoms with Crippen LogP contribution in [0.3, 0.4) is 0 Å². The smallest absolute Gasteiger partial charge is 0.357 e. The molecule has 0 N–H and O–H groups in total. The van der Waals surface area contributed by atoms with Crippen molar-refractivity contribution in [2.75, 3.05) is 14.2 Å². The van der Waals surface area contributed by atoms with Crippen LogP contribution in [-0.4, -0.2) is 14.2 Å². The minimum absolute atomic E-state index is 0.